The zero-order chi connectivity index (χ0) is 24.4. The van der Waals surface area contributed by atoms with Crippen LogP contribution in [0.15, 0.2) is 84.1 Å². The van der Waals surface area contributed by atoms with Crippen LogP contribution in [0.1, 0.15) is 29.7 Å². The van der Waals surface area contributed by atoms with E-state index in [1.54, 1.807) is 4.68 Å². The molecule has 3 aromatic carbocycles. The summed E-state index contributed by atoms with van der Waals surface area (Å²) in [7, 11) is 0. The van der Waals surface area contributed by atoms with Crippen molar-refractivity contribution < 1.29 is 9.53 Å². The number of carbonyl (C=O) groups excluding carboxylic acids is 1. The second-order valence-corrected chi connectivity index (χ2v) is 8.75. The van der Waals surface area contributed by atoms with Gasteiger partial charge in [-0.2, -0.15) is 4.68 Å². The Kier molecular flexibility index (Phi) is 6.20. The van der Waals surface area contributed by atoms with Gasteiger partial charge in [-0.15, -0.1) is 0 Å². The summed E-state index contributed by atoms with van der Waals surface area (Å²) in [6.07, 6.45) is 0. The van der Waals surface area contributed by atoms with Gasteiger partial charge in [-0.3, -0.25) is 4.79 Å². The molecule has 9 heteroatoms. The van der Waals surface area contributed by atoms with Crippen LogP contribution in [0.25, 0.3) is 0 Å². The maximum absolute atomic E-state index is 13.4. The van der Waals surface area contributed by atoms with Crippen molar-refractivity contribution in [2.24, 2.45) is 0 Å². The number of benzene rings is 3. The average Bonchev–Trinajstić information content (AvgIpc) is 3.32. The maximum atomic E-state index is 13.4. The zero-order valence-electron chi connectivity index (χ0n) is 19.2. The highest BCUT2D eigenvalue weighted by Gasteiger charge is 2.34. The van der Waals surface area contributed by atoms with Crippen molar-refractivity contribution >= 4 is 29.1 Å². The lowest BCUT2D eigenvalue weighted by Crippen LogP contribution is -2.31. The van der Waals surface area contributed by atoms with E-state index in [0.717, 1.165) is 16.7 Å². The lowest BCUT2D eigenvalue weighted by molar-refractivity contribution is -0.113. The molecule has 0 aliphatic carbocycles. The first-order chi connectivity index (χ1) is 17.0. The number of tetrazole rings is 1. The predicted octanol–water partition coefficient (Wildman–Crippen LogP) is 5.14. The van der Waals surface area contributed by atoms with E-state index in [0.29, 0.717) is 40.3 Å². The largest absolute Gasteiger partial charge is 0.489 e. The zero-order valence-corrected chi connectivity index (χ0v) is 20.0. The lowest BCUT2D eigenvalue weighted by Gasteiger charge is -2.28. The van der Waals surface area contributed by atoms with Crippen LogP contribution in [0.3, 0.4) is 0 Å². The second kappa shape index (κ2) is 9.60. The van der Waals surface area contributed by atoms with Gasteiger partial charge in [0.1, 0.15) is 18.4 Å². The van der Waals surface area contributed by atoms with Gasteiger partial charge in [-0.1, -0.05) is 58.7 Å². The Balaban J connectivity index is 1.40. The molecule has 5 rings (SSSR count). The van der Waals surface area contributed by atoms with E-state index in [2.05, 4.69) is 26.2 Å². The highest BCUT2D eigenvalue weighted by Crippen LogP contribution is 2.35. The number of nitrogens with one attached hydrogen (secondary N) is 2. The van der Waals surface area contributed by atoms with Crippen molar-refractivity contribution in [3.63, 3.8) is 0 Å². The van der Waals surface area contributed by atoms with Crippen LogP contribution in [-0.4, -0.2) is 26.1 Å². The summed E-state index contributed by atoms with van der Waals surface area (Å²) in [5, 5.41) is 18.8. The number of hydrogen-bond donors (Lipinski definition) is 2. The molecular weight excluding hydrogens is 464 g/mol. The van der Waals surface area contributed by atoms with Crippen LogP contribution >= 0.6 is 11.6 Å². The molecule has 0 saturated carbocycles. The molecule has 2 N–H and O–H groups in total. The summed E-state index contributed by atoms with van der Waals surface area (Å²) in [6, 6.07) is 22.3. The normalized spacial score (nSPS) is 14.8. The molecule has 176 valence electrons. The fourth-order valence-electron chi connectivity index (χ4n) is 3.94. The molecule has 1 atom stereocenters. The Morgan fingerprint density at radius 3 is 2.46 bits per heavy atom. The highest BCUT2D eigenvalue weighted by atomic mass is 35.5. The third kappa shape index (κ3) is 4.88. The number of allylic oxidation sites excluding steroid dienone is 1. The molecule has 4 aromatic rings. The van der Waals surface area contributed by atoms with E-state index in [1.165, 1.54) is 0 Å². The van der Waals surface area contributed by atoms with E-state index >= 15 is 0 Å². The average molecular weight is 487 g/mol. The van der Waals surface area contributed by atoms with Gasteiger partial charge in [0, 0.05) is 16.4 Å². The number of rotatable bonds is 6. The van der Waals surface area contributed by atoms with Crippen molar-refractivity contribution in [3.8, 4) is 5.75 Å². The minimum atomic E-state index is -0.503. The molecule has 0 saturated heterocycles. The second-order valence-electron chi connectivity index (χ2n) is 8.32. The molecule has 1 aliphatic heterocycles. The molecule has 0 bridgehead atoms. The van der Waals surface area contributed by atoms with E-state index in [1.807, 2.05) is 86.6 Å². The summed E-state index contributed by atoms with van der Waals surface area (Å²) in [6.45, 7) is 4.27. The topological polar surface area (TPSA) is 94.0 Å². The van der Waals surface area contributed by atoms with Crippen molar-refractivity contribution in [1.82, 2.24) is 20.2 Å². The van der Waals surface area contributed by atoms with Gasteiger partial charge in [0.05, 0.1) is 5.57 Å². The Hall–Kier alpha value is -4.17. The van der Waals surface area contributed by atoms with Crippen LogP contribution in [0.5, 0.6) is 5.75 Å². The molecule has 0 radical (unpaired) electrons. The first-order valence-electron chi connectivity index (χ1n) is 11.1. The third-order valence-electron chi connectivity index (χ3n) is 5.78. The third-order valence-corrected chi connectivity index (χ3v) is 6.03. The van der Waals surface area contributed by atoms with Gasteiger partial charge in [-0.25, -0.2) is 0 Å². The standard InChI is InChI=1S/C26H23ClN6O2/c1-16-3-11-21(12-4-16)29-25(34)23-17(2)28-26-30-31-32-33(26)24(23)19-7-13-22(14-8-19)35-15-18-5-9-20(27)10-6-18/h3-14,24H,15H2,1-2H3,(H,29,34)(H,28,30,32). The summed E-state index contributed by atoms with van der Waals surface area (Å²) < 4.78 is 7.53. The van der Waals surface area contributed by atoms with Gasteiger partial charge in [0.2, 0.25) is 5.95 Å². The van der Waals surface area contributed by atoms with E-state index in [9.17, 15) is 4.79 Å². The van der Waals surface area contributed by atoms with Crippen LogP contribution in [0.4, 0.5) is 11.6 Å². The highest BCUT2D eigenvalue weighted by molar-refractivity contribution is 6.30. The number of anilines is 2. The number of ether oxygens (including phenoxy) is 1. The number of aryl methyl sites for hydroxylation is 1. The van der Waals surface area contributed by atoms with Crippen molar-refractivity contribution in [3.05, 3.63) is 106 Å². The van der Waals surface area contributed by atoms with Gasteiger partial charge in [0.15, 0.2) is 0 Å². The molecule has 0 spiro atoms. The first-order valence-corrected chi connectivity index (χ1v) is 11.5. The smallest absolute Gasteiger partial charge is 0.255 e. The van der Waals surface area contributed by atoms with Crippen LogP contribution < -0.4 is 15.4 Å². The fourth-order valence-corrected chi connectivity index (χ4v) is 4.07. The Bertz CT molecular complexity index is 1380. The Morgan fingerprint density at radius 2 is 1.74 bits per heavy atom. The van der Waals surface area contributed by atoms with Gasteiger partial charge < -0.3 is 15.4 Å². The maximum Gasteiger partial charge on any atom is 0.255 e. The van der Waals surface area contributed by atoms with Crippen LogP contribution in [0, 0.1) is 6.92 Å². The molecule has 1 unspecified atom stereocenters. The molecule has 8 nitrogen and oxygen atoms in total. The first kappa shape index (κ1) is 22.6. The lowest BCUT2D eigenvalue weighted by atomic mass is 9.95. The SMILES string of the molecule is CC1=C(C(=O)Nc2ccc(C)cc2)C(c2ccc(OCc3ccc(Cl)cc3)cc2)n2nnnc2N1. The van der Waals surface area contributed by atoms with E-state index in [4.69, 9.17) is 16.3 Å². The van der Waals surface area contributed by atoms with Crippen molar-refractivity contribution in [1.29, 1.82) is 0 Å². The van der Waals surface area contributed by atoms with E-state index < -0.39 is 6.04 Å². The predicted molar refractivity (Wildman–Crippen MR) is 134 cm³/mol. The summed E-state index contributed by atoms with van der Waals surface area (Å²) in [5.74, 6) is 0.955. The molecule has 2 heterocycles. The monoisotopic (exact) mass is 486 g/mol. The number of fused-ring (bicyclic) bond motifs is 1. The van der Waals surface area contributed by atoms with Gasteiger partial charge in [0.25, 0.3) is 5.91 Å². The molecule has 1 amide bonds. The fraction of sp³-hybridized carbons (Fsp3) is 0.154. The summed E-state index contributed by atoms with van der Waals surface area (Å²) in [4.78, 5) is 13.4. The minimum absolute atomic E-state index is 0.229. The Labute approximate surface area is 207 Å². The summed E-state index contributed by atoms with van der Waals surface area (Å²) in [5.41, 5.74) is 4.92. The molecule has 1 aliphatic rings. The van der Waals surface area contributed by atoms with Crippen molar-refractivity contribution in [2.75, 3.05) is 10.6 Å². The van der Waals surface area contributed by atoms with Gasteiger partial charge in [-0.05, 0) is 71.8 Å². The van der Waals surface area contributed by atoms with Crippen LogP contribution in [0.2, 0.25) is 5.02 Å². The number of carbonyl (C=O) groups is 1. The minimum Gasteiger partial charge on any atom is -0.489 e. The molecule has 35 heavy (non-hydrogen) atoms. The molecular formula is C26H23ClN6O2. The quantitative estimate of drug-likeness (QED) is 0.392. The van der Waals surface area contributed by atoms with Crippen molar-refractivity contribution in [2.45, 2.75) is 26.5 Å². The number of hydrogen-bond acceptors (Lipinski definition) is 6. The number of halogens is 1. The summed E-state index contributed by atoms with van der Waals surface area (Å²) >= 11 is 5.95. The van der Waals surface area contributed by atoms with Crippen LogP contribution in [-0.2, 0) is 11.4 Å². The number of aromatic nitrogens is 4. The molecule has 1 aromatic heterocycles. The van der Waals surface area contributed by atoms with E-state index in [-0.39, 0.29) is 5.91 Å². The molecule has 0 fully saturated rings. The number of nitrogens with zero attached hydrogens (tertiary/aromatic N) is 4. The van der Waals surface area contributed by atoms with Gasteiger partial charge >= 0.3 is 0 Å². The Morgan fingerprint density at radius 1 is 1.03 bits per heavy atom. The number of amides is 1.